The van der Waals surface area contributed by atoms with E-state index in [0.29, 0.717) is 6.07 Å². The summed E-state index contributed by atoms with van der Waals surface area (Å²) in [6.45, 7) is 1.29. The van der Waals surface area contributed by atoms with Gasteiger partial charge < -0.3 is 10.0 Å². The van der Waals surface area contributed by atoms with Crippen LogP contribution in [0.4, 0.5) is 23.2 Å². The number of nitrogens with zero attached hydrogens (tertiary/aromatic N) is 1. The molecule has 0 fully saturated rings. The lowest BCUT2D eigenvalue weighted by Gasteiger charge is -2.22. The quantitative estimate of drug-likeness (QED) is 0.851. The third-order valence-corrected chi connectivity index (χ3v) is 2.32. The minimum atomic E-state index is -4.62. The van der Waals surface area contributed by atoms with Crippen molar-refractivity contribution in [3.63, 3.8) is 0 Å². The number of alkyl halides is 3. The summed E-state index contributed by atoms with van der Waals surface area (Å²) in [5.41, 5.74) is -1.26. The Hall–Kier alpha value is -1.79. The van der Waals surface area contributed by atoms with E-state index < -0.39 is 30.1 Å². The summed E-state index contributed by atoms with van der Waals surface area (Å²) in [4.78, 5) is 11.7. The van der Waals surface area contributed by atoms with Crippen molar-refractivity contribution in [1.82, 2.24) is 0 Å². The number of hydrogen-bond donors (Lipinski definition) is 1. The normalized spacial score (nSPS) is 11.4. The second-order valence-electron chi connectivity index (χ2n) is 3.57. The lowest BCUT2D eigenvalue weighted by molar-refractivity contribution is -0.138. The van der Waals surface area contributed by atoms with Gasteiger partial charge in [-0.2, -0.15) is 13.2 Å². The van der Waals surface area contributed by atoms with Gasteiger partial charge in [0.15, 0.2) is 0 Å². The molecule has 18 heavy (non-hydrogen) atoms. The van der Waals surface area contributed by atoms with Gasteiger partial charge in [0.25, 0.3) is 0 Å². The summed E-state index contributed by atoms with van der Waals surface area (Å²) >= 11 is 0. The molecule has 1 aromatic rings. The maximum absolute atomic E-state index is 13.5. The number of anilines is 1. The molecule has 1 aromatic carbocycles. The highest BCUT2D eigenvalue weighted by molar-refractivity contribution is 5.73. The average Bonchev–Trinajstić information content (AvgIpc) is 2.24. The zero-order valence-electron chi connectivity index (χ0n) is 9.46. The van der Waals surface area contributed by atoms with Gasteiger partial charge >= 0.3 is 12.1 Å². The summed E-state index contributed by atoms with van der Waals surface area (Å²) < 4.78 is 50.5. The molecule has 1 rings (SSSR count). The van der Waals surface area contributed by atoms with Crippen LogP contribution < -0.4 is 4.90 Å². The molecule has 0 bridgehead atoms. The molecule has 0 atom stereocenters. The average molecular weight is 265 g/mol. The summed E-state index contributed by atoms with van der Waals surface area (Å²) in [5.74, 6) is -2.27. The Morgan fingerprint density at radius 2 is 2.00 bits per heavy atom. The fourth-order valence-electron chi connectivity index (χ4n) is 1.47. The fourth-order valence-corrected chi connectivity index (χ4v) is 1.47. The lowest BCUT2D eigenvalue weighted by Crippen LogP contribution is -2.30. The van der Waals surface area contributed by atoms with Crippen molar-refractivity contribution in [2.45, 2.75) is 13.1 Å². The Bertz CT molecular complexity index is 445. The maximum atomic E-state index is 13.5. The Balaban J connectivity index is 3.07. The van der Waals surface area contributed by atoms with E-state index in [2.05, 4.69) is 0 Å². The Labute approximate surface area is 101 Å². The number of benzene rings is 1. The molecule has 0 aromatic heterocycles. The molecule has 0 saturated carbocycles. The van der Waals surface area contributed by atoms with Gasteiger partial charge in [-0.1, -0.05) is 0 Å². The van der Waals surface area contributed by atoms with Gasteiger partial charge in [-0.05, 0) is 25.1 Å². The van der Waals surface area contributed by atoms with E-state index in [1.807, 2.05) is 0 Å². The van der Waals surface area contributed by atoms with Crippen LogP contribution in [0, 0.1) is 5.82 Å². The molecule has 0 heterocycles. The van der Waals surface area contributed by atoms with Gasteiger partial charge in [0, 0.05) is 6.54 Å². The zero-order chi connectivity index (χ0) is 13.9. The van der Waals surface area contributed by atoms with Crippen LogP contribution in [0.25, 0.3) is 0 Å². The Kier molecular flexibility index (Phi) is 4.15. The molecule has 0 unspecified atom stereocenters. The summed E-state index contributed by atoms with van der Waals surface area (Å²) in [6.07, 6.45) is -4.62. The van der Waals surface area contributed by atoms with E-state index in [9.17, 15) is 22.4 Å². The molecule has 3 nitrogen and oxygen atoms in total. The van der Waals surface area contributed by atoms with E-state index in [-0.39, 0.29) is 12.2 Å². The van der Waals surface area contributed by atoms with Gasteiger partial charge in [-0.3, -0.25) is 4.79 Å². The first kappa shape index (κ1) is 14.3. The molecule has 0 aliphatic rings. The third-order valence-electron chi connectivity index (χ3n) is 2.32. The minimum absolute atomic E-state index is 0.159. The highest BCUT2D eigenvalue weighted by atomic mass is 19.4. The summed E-state index contributed by atoms with van der Waals surface area (Å²) in [7, 11) is 0. The predicted octanol–water partition coefficient (Wildman–Crippen LogP) is 2.76. The van der Waals surface area contributed by atoms with Crippen molar-refractivity contribution in [2.24, 2.45) is 0 Å². The van der Waals surface area contributed by atoms with Crippen molar-refractivity contribution >= 4 is 11.7 Å². The standard InChI is InChI=1S/C11H11F4NO2/c1-2-16(6-10(17)18)9-4-3-7(5-8(9)12)11(13,14)15/h3-5H,2,6H2,1H3,(H,17,18). The van der Waals surface area contributed by atoms with Crippen molar-refractivity contribution in [2.75, 3.05) is 18.0 Å². The van der Waals surface area contributed by atoms with Crippen molar-refractivity contribution < 1.29 is 27.5 Å². The highest BCUT2D eigenvalue weighted by Gasteiger charge is 2.31. The first-order valence-corrected chi connectivity index (χ1v) is 5.09. The number of likely N-dealkylation sites (N-methyl/N-ethyl adjacent to an activating group) is 1. The minimum Gasteiger partial charge on any atom is -0.480 e. The monoisotopic (exact) mass is 265 g/mol. The summed E-state index contributed by atoms with van der Waals surface area (Å²) in [6, 6.07) is 2.02. The number of rotatable bonds is 4. The SMILES string of the molecule is CCN(CC(=O)O)c1ccc(C(F)(F)F)cc1F. The second kappa shape index (κ2) is 5.24. The van der Waals surface area contributed by atoms with Crippen LogP contribution >= 0.6 is 0 Å². The third kappa shape index (κ3) is 3.35. The highest BCUT2D eigenvalue weighted by Crippen LogP contribution is 2.32. The molecule has 0 aliphatic carbocycles. The molecule has 0 saturated heterocycles. The van der Waals surface area contributed by atoms with Gasteiger partial charge in [0.2, 0.25) is 0 Å². The smallest absolute Gasteiger partial charge is 0.416 e. The van der Waals surface area contributed by atoms with E-state index in [0.717, 1.165) is 17.0 Å². The largest absolute Gasteiger partial charge is 0.480 e. The number of carboxylic acid groups (broad SMARTS) is 1. The van der Waals surface area contributed by atoms with E-state index in [4.69, 9.17) is 5.11 Å². The van der Waals surface area contributed by atoms with Gasteiger partial charge in [0.05, 0.1) is 11.3 Å². The molecule has 0 spiro atoms. The van der Waals surface area contributed by atoms with E-state index in [1.54, 1.807) is 6.92 Å². The molecule has 100 valence electrons. The number of hydrogen-bond acceptors (Lipinski definition) is 2. The number of halogens is 4. The Morgan fingerprint density at radius 1 is 1.39 bits per heavy atom. The van der Waals surface area contributed by atoms with Crippen LogP contribution in [-0.2, 0) is 11.0 Å². The van der Waals surface area contributed by atoms with Crippen molar-refractivity contribution in [3.8, 4) is 0 Å². The fraction of sp³-hybridized carbons (Fsp3) is 0.364. The van der Waals surface area contributed by atoms with Crippen molar-refractivity contribution in [1.29, 1.82) is 0 Å². The lowest BCUT2D eigenvalue weighted by atomic mass is 10.1. The van der Waals surface area contributed by atoms with E-state index >= 15 is 0 Å². The molecule has 0 aliphatic heterocycles. The topological polar surface area (TPSA) is 40.5 Å². The van der Waals surface area contributed by atoms with Crippen LogP contribution in [0.15, 0.2) is 18.2 Å². The maximum Gasteiger partial charge on any atom is 0.416 e. The van der Waals surface area contributed by atoms with Crippen LogP contribution in [0.3, 0.4) is 0 Å². The molecule has 0 amide bonds. The van der Waals surface area contributed by atoms with Gasteiger partial charge in [-0.15, -0.1) is 0 Å². The first-order chi connectivity index (χ1) is 8.25. The first-order valence-electron chi connectivity index (χ1n) is 5.09. The summed E-state index contributed by atoms with van der Waals surface area (Å²) in [5, 5.41) is 8.61. The van der Waals surface area contributed by atoms with Gasteiger partial charge in [0.1, 0.15) is 12.4 Å². The van der Waals surface area contributed by atoms with Gasteiger partial charge in [-0.25, -0.2) is 4.39 Å². The number of aliphatic carboxylic acids is 1. The zero-order valence-corrected chi connectivity index (χ0v) is 9.46. The molecule has 7 heteroatoms. The number of carboxylic acids is 1. The number of carbonyl (C=O) groups is 1. The molecular weight excluding hydrogens is 254 g/mol. The molecule has 0 radical (unpaired) electrons. The van der Waals surface area contributed by atoms with Crippen LogP contribution in [-0.4, -0.2) is 24.2 Å². The molecular formula is C11H11F4NO2. The Morgan fingerprint density at radius 3 is 2.39 bits per heavy atom. The van der Waals surface area contributed by atoms with Crippen LogP contribution in [0.2, 0.25) is 0 Å². The van der Waals surface area contributed by atoms with Crippen molar-refractivity contribution in [3.05, 3.63) is 29.6 Å². The van der Waals surface area contributed by atoms with E-state index in [1.165, 1.54) is 0 Å². The van der Waals surface area contributed by atoms with Crippen LogP contribution in [0.1, 0.15) is 12.5 Å². The predicted molar refractivity (Wildman–Crippen MR) is 56.9 cm³/mol. The van der Waals surface area contributed by atoms with Crippen LogP contribution in [0.5, 0.6) is 0 Å². The second-order valence-corrected chi connectivity index (χ2v) is 3.57. The molecule has 1 N–H and O–H groups in total.